The molecular formula is C19H14F3N5O3S. The first-order valence-electron chi connectivity index (χ1n) is 8.82. The third-order valence-electron chi connectivity index (χ3n) is 4.23. The van der Waals surface area contributed by atoms with Crippen molar-refractivity contribution in [1.82, 2.24) is 24.4 Å². The van der Waals surface area contributed by atoms with Crippen LogP contribution in [0.15, 0.2) is 76.5 Å². The Morgan fingerprint density at radius 3 is 2.39 bits per heavy atom. The van der Waals surface area contributed by atoms with Crippen LogP contribution in [0.3, 0.4) is 0 Å². The SMILES string of the molecule is O=S(=O)(NCc1cn(-c2ccc(-c3noc(C(F)(F)F)n3)cc2)cn1)c1ccccc1. The van der Waals surface area contributed by atoms with Crippen molar-refractivity contribution in [3.63, 3.8) is 0 Å². The van der Waals surface area contributed by atoms with Gasteiger partial charge in [0.15, 0.2) is 0 Å². The van der Waals surface area contributed by atoms with Gasteiger partial charge in [-0.05, 0) is 36.4 Å². The molecule has 4 aromatic rings. The van der Waals surface area contributed by atoms with E-state index >= 15 is 0 Å². The number of nitrogens with zero attached hydrogens (tertiary/aromatic N) is 4. The summed E-state index contributed by atoms with van der Waals surface area (Å²) in [6, 6.07) is 14.3. The Balaban J connectivity index is 1.45. The van der Waals surface area contributed by atoms with Gasteiger partial charge in [-0.3, -0.25) is 0 Å². The van der Waals surface area contributed by atoms with Gasteiger partial charge >= 0.3 is 12.1 Å². The highest BCUT2D eigenvalue weighted by Gasteiger charge is 2.38. The first kappa shape index (κ1) is 20.8. The monoisotopic (exact) mass is 449 g/mol. The summed E-state index contributed by atoms with van der Waals surface area (Å²) in [5, 5.41) is 3.34. The van der Waals surface area contributed by atoms with Crippen molar-refractivity contribution in [2.45, 2.75) is 17.6 Å². The Hall–Kier alpha value is -3.51. The summed E-state index contributed by atoms with van der Waals surface area (Å²) in [5.74, 6) is -1.59. The zero-order valence-corrected chi connectivity index (χ0v) is 16.4. The van der Waals surface area contributed by atoms with Crippen LogP contribution in [0.1, 0.15) is 11.6 Å². The molecule has 31 heavy (non-hydrogen) atoms. The van der Waals surface area contributed by atoms with Crippen molar-refractivity contribution in [2.24, 2.45) is 0 Å². The molecule has 2 heterocycles. The van der Waals surface area contributed by atoms with Crippen LogP contribution in [0.25, 0.3) is 17.1 Å². The molecule has 0 aliphatic heterocycles. The normalized spacial score (nSPS) is 12.2. The highest BCUT2D eigenvalue weighted by atomic mass is 32.2. The minimum atomic E-state index is -4.71. The fourth-order valence-corrected chi connectivity index (χ4v) is 3.71. The second kappa shape index (κ2) is 7.96. The van der Waals surface area contributed by atoms with Gasteiger partial charge in [0.1, 0.15) is 0 Å². The molecule has 0 aliphatic rings. The van der Waals surface area contributed by atoms with Crippen molar-refractivity contribution in [3.8, 4) is 17.1 Å². The van der Waals surface area contributed by atoms with Crippen molar-refractivity contribution in [1.29, 1.82) is 0 Å². The van der Waals surface area contributed by atoms with E-state index in [1.54, 1.807) is 41.1 Å². The van der Waals surface area contributed by atoms with E-state index in [1.165, 1.54) is 30.6 Å². The highest BCUT2D eigenvalue weighted by Crippen LogP contribution is 2.29. The van der Waals surface area contributed by atoms with Crippen LogP contribution in [0, 0.1) is 0 Å². The molecule has 8 nitrogen and oxygen atoms in total. The van der Waals surface area contributed by atoms with Crippen LogP contribution in [-0.4, -0.2) is 28.1 Å². The number of rotatable bonds is 6. The molecular weight excluding hydrogens is 435 g/mol. The Labute approximate surface area is 174 Å². The molecule has 4 rings (SSSR count). The Kier molecular flexibility index (Phi) is 5.33. The largest absolute Gasteiger partial charge is 0.471 e. The van der Waals surface area contributed by atoms with Crippen molar-refractivity contribution in [3.05, 3.63) is 78.7 Å². The van der Waals surface area contributed by atoms with Crippen molar-refractivity contribution in [2.75, 3.05) is 0 Å². The maximum atomic E-state index is 12.6. The van der Waals surface area contributed by atoms with Gasteiger partial charge < -0.3 is 9.09 Å². The lowest BCUT2D eigenvalue weighted by Gasteiger charge is -2.05. The molecule has 0 amide bonds. The number of imidazole rings is 1. The predicted molar refractivity (Wildman–Crippen MR) is 102 cm³/mol. The van der Waals surface area contributed by atoms with E-state index in [2.05, 4.69) is 24.4 Å². The van der Waals surface area contributed by atoms with E-state index in [1.807, 2.05) is 0 Å². The summed E-state index contributed by atoms with van der Waals surface area (Å²) in [7, 11) is -3.66. The number of alkyl halides is 3. The molecule has 0 saturated heterocycles. The first-order chi connectivity index (χ1) is 14.7. The van der Waals surface area contributed by atoms with Gasteiger partial charge in [0.25, 0.3) is 0 Å². The Morgan fingerprint density at radius 1 is 1.03 bits per heavy atom. The molecule has 160 valence electrons. The van der Waals surface area contributed by atoms with Gasteiger partial charge in [-0.1, -0.05) is 23.4 Å². The second-order valence-corrected chi connectivity index (χ2v) is 8.14. The quantitative estimate of drug-likeness (QED) is 0.484. The average molecular weight is 449 g/mol. The maximum absolute atomic E-state index is 12.6. The van der Waals surface area contributed by atoms with Gasteiger partial charge in [-0.15, -0.1) is 0 Å². The van der Waals surface area contributed by atoms with E-state index < -0.39 is 22.1 Å². The van der Waals surface area contributed by atoms with Crippen molar-refractivity contribution >= 4 is 10.0 Å². The lowest BCUT2D eigenvalue weighted by atomic mass is 10.2. The third kappa shape index (κ3) is 4.64. The summed E-state index contributed by atoms with van der Waals surface area (Å²) in [5.41, 5.74) is 1.49. The number of sulfonamides is 1. The summed E-state index contributed by atoms with van der Waals surface area (Å²) < 4.78 is 70.7. The molecule has 0 bridgehead atoms. The van der Waals surface area contributed by atoms with Crippen LogP contribution in [0.2, 0.25) is 0 Å². The number of nitrogens with one attached hydrogen (secondary N) is 1. The van der Waals surface area contributed by atoms with Crippen molar-refractivity contribution < 1.29 is 26.1 Å². The van der Waals surface area contributed by atoms with Crippen LogP contribution in [-0.2, 0) is 22.7 Å². The molecule has 0 atom stereocenters. The standard InChI is InChI=1S/C19H14F3N5O3S/c20-19(21,22)18-25-17(26-30-18)13-6-8-15(9-7-13)27-11-14(23-12-27)10-24-31(28,29)16-4-2-1-3-5-16/h1-9,11-12,24H,10H2. The lowest BCUT2D eigenvalue weighted by Crippen LogP contribution is -2.23. The average Bonchev–Trinajstić information content (AvgIpc) is 3.43. The van der Waals surface area contributed by atoms with Gasteiger partial charge in [0.05, 0.1) is 23.5 Å². The number of halogens is 3. The number of aromatic nitrogens is 4. The van der Waals surface area contributed by atoms with Gasteiger partial charge in [-0.25, -0.2) is 18.1 Å². The fourth-order valence-electron chi connectivity index (χ4n) is 2.69. The number of hydrogen-bond acceptors (Lipinski definition) is 6. The van der Waals surface area contributed by atoms with E-state index in [4.69, 9.17) is 0 Å². The molecule has 0 radical (unpaired) electrons. The van der Waals surface area contributed by atoms with Gasteiger partial charge in [0, 0.05) is 17.4 Å². The predicted octanol–water partition coefficient (Wildman–Crippen LogP) is 3.42. The van der Waals surface area contributed by atoms with Crippen LogP contribution in [0.5, 0.6) is 0 Å². The topological polar surface area (TPSA) is 103 Å². The zero-order chi connectivity index (χ0) is 22.1. The molecule has 0 aliphatic carbocycles. The number of hydrogen-bond donors (Lipinski definition) is 1. The molecule has 0 fully saturated rings. The van der Waals surface area contributed by atoms with Crippen LogP contribution in [0.4, 0.5) is 13.2 Å². The smallest absolute Gasteiger partial charge is 0.329 e. The lowest BCUT2D eigenvalue weighted by molar-refractivity contribution is -0.159. The van der Waals surface area contributed by atoms with Gasteiger partial charge in [0.2, 0.25) is 15.8 Å². The molecule has 0 saturated carbocycles. The Morgan fingerprint density at radius 2 is 1.74 bits per heavy atom. The second-order valence-electron chi connectivity index (χ2n) is 6.38. The van der Waals surface area contributed by atoms with E-state index in [0.717, 1.165) is 0 Å². The summed E-state index contributed by atoms with van der Waals surface area (Å²) in [6.07, 6.45) is -1.57. The Bertz CT molecular complexity index is 1280. The number of benzene rings is 2. The molecule has 2 aromatic heterocycles. The van der Waals surface area contributed by atoms with Crippen LogP contribution >= 0.6 is 0 Å². The molecule has 0 spiro atoms. The first-order valence-corrected chi connectivity index (χ1v) is 10.3. The maximum Gasteiger partial charge on any atom is 0.471 e. The molecule has 2 aromatic carbocycles. The minimum Gasteiger partial charge on any atom is -0.329 e. The van der Waals surface area contributed by atoms with E-state index in [9.17, 15) is 21.6 Å². The molecule has 12 heteroatoms. The highest BCUT2D eigenvalue weighted by molar-refractivity contribution is 7.89. The summed E-state index contributed by atoms with van der Waals surface area (Å²) >= 11 is 0. The fraction of sp³-hybridized carbons (Fsp3) is 0.105. The van der Waals surface area contributed by atoms with Crippen LogP contribution < -0.4 is 4.72 Å². The molecule has 0 unspecified atom stereocenters. The van der Waals surface area contributed by atoms with E-state index in [-0.39, 0.29) is 17.3 Å². The van der Waals surface area contributed by atoms with E-state index in [0.29, 0.717) is 16.9 Å². The third-order valence-corrected chi connectivity index (χ3v) is 5.64. The molecule has 1 N–H and O–H groups in total. The zero-order valence-electron chi connectivity index (χ0n) is 15.6. The minimum absolute atomic E-state index is 0.00854. The van der Waals surface area contributed by atoms with Gasteiger partial charge in [-0.2, -0.15) is 18.2 Å². The summed E-state index contributed by atoms with van der Waals surface area (Å²) in [4.78, 5) is 7.67. The summed E-state index contributed by atoms with van der Waals surface area (Å²) in [6.45, 7) is -0.00854.